The molecule has 2 saturated carbocycles. The molecule has 3 N–H and O–H groups in total. The second-order valence-corrected chi connectivity index (χ2v) is 5.73. The molecule has 0 radical (unpaired) electrons. The highest BCUT2D eigenvalue weighted by atomic mass is 16.4. The largest absolute Gasteiger partial charge is 0.478 e. The number of carboxylic acids is 1. The Bertz CT molecular complexity index is 544. The Morgan fingerprint density at radius 3 is 2.60 bits per heavy atom. The Morgan fingerprint density at radius 1 is 1.15 bits per heavy atom. The van der Waals surface area contributed by atoms with Gasteiger partial charge in [0.25, 0.3) is 0 Å². The van der Waals surface area contributed by atoms with Gasteiger partial charge < -0.3 is 15.7 Å². The summed E-state index contributed by atoms with van der Waals surface area (Å²) in [6.45, 7) is 0. The first-order chi connectivity index (χ1) is 9.63. The third kappa shape index (κ3) is 2.48. The Morgan fingerprint density at radius 2 is 1.95 bits per heavy atom. The van der Waals surface area contributed by atoms with E-state index in [1.165, 1.54) is 25.3 Å². The molecule has 0 aromatic heterocycles. The van der Waals surface area contributed by atoms with Gasteiger partial charge >= 0.3 is 12.0 Å². The maximum absolute atomic E-state index is 12.0. The van der Waals surface area contributed by atoms with Crippen molar-refractivity contribution >= 4 is 17.7 Å². The SMILES string of the molecule is O=C(Nc1ccccc1C(=O)O)NC1CC2CCC1C2. The minimum absolute atomic E-state index is 0.107. The maximum atomic E-state index is 12.0. The summed E-state index contributed by atoms with van der Waals surface area (Å²) in [5.74, 6) is 0.317. The van der Waals surface area contributed by atoms with Crippen molar-refractivity contribution in [3.05, 3.63) is 29.8 Å². The molecule has 20 heavy (non-hydrogen) atoms. The van der Waals surface area contributed by atoms with Gasteiger partial charge in [0.1, 0.15) is 0 Å². The van der Waals surface area contributed by atoms with E-state index in [9.17, 15) is 9.59 Å². The number of carbonyl (C=O) groups is 2. The lowest BCUT2D eigenvalue weighted by Crippen LogP contribution is -2.41. The minimum atomic E-state index is -1.04. The van der Waals surface area contributed by atoms with E-state index >= 15 is 0 Å². The second kappa shape index (κ2) is 5.15. The first-order valence-corrected chi connectivity index (χ1v) is 7.03. The summed E-state index contributed by atoms with van der Waals surface area (Å²) >= 11 is 0. The molecule has 0 heterocycles. The molecule has 3 atom stereocenters. The Hall–Kier alpha value is -2.04. The summed E-state index contributed by atoms with van der Waals surface area (Å²) in [5, 5.41) is 14.7. The Labute approximate surface area is 117 Å². The molecule has 3 unspecified atom stereocenters. The number of carboxylic acid groups (broad SMARTS) is 1. The van der Waals surface area contributed by atoms with Crippen molar-refractivity contribution in [2.45, 2.75) is 31.7 Å². The Kier molecular flexibility index (Phi) is 3.34. The molecule has 0 spiro atoms. The zero-order valence-electron chi connectivity index (χ0n) is 11.1. The topological polar surface area (TPSA) is 78.4 Å². The number of hydrogen-bond donors (Lipinski definition) is 3. The van der Waals surface area contributed by atoms with Crippen molar-refractivity contribution in [2.75, 3.05) is 5.32 Å². The van der Waals surface area contributed by atoms with Crippen molar-refractivity contribution < 1.29 is 14.7 Å². The van der Waals surface area contributed by atoms with Crippen LogP contribution < -0.4 is 10.6 Å². The molecular formula is C15H18N2O3. The minimum Gasteiger partial charge on any atom is -0.478 e. The fourth-order valence-corrected chi connectivity index (χ4v) is 3.53. The average Bonchev–Trinajstić information content (AvgIpc) is 3.01. The van der Waals surface area contributed by atoms with E-state index in [-0.39, 0.29) is 17.6 Å². The lowest BCUT2D eigenvalue weighted by molar-refractivity contribution is 0.0698. The molecule has 1 aromatic carbocycles. The van der Waals surface area contributed by atoms with Crippen LogP contribution >= 0.6 is 0 Å². The zero-order valence-corrected chi connectivity index (χ0v) is 11.1. The van der Waals surface area contributed by atoms with Crippen molar-refractivity contribution in [3.63, 3.8) is 0 Å². The fraction of sp³-hybridized carbons (Fsp3) is 0.467. The summed E-state index contributed by atoms with van der Waals surface area (Å²) < 4.78 is 0. The number of urea groups is 1. The quantitative estimate of drug-likeness (QED) is 0.793. The molecule has 2 aliphatic rings. The number of carbonyl (C=O) groups excluding carboxylic acids is 1. The van der Waals surface area contributed by atoms with Crippen LogP contribution in [0.25, 0.3) is 0 Å². The standard InChI is InChI=1S/C15H18N2O3/c18-14(19)11-3-1-2-4-12(11)16-15(20)17-13-8-9-5-6-10(13)7-9/h1-4,9-10,13H,5-8H2,(H,18,19)(H2,16,17,20). The molecule has 2 amide bonds. The smallest absolute Gasteiger partial charge is 0.337 e. The van der Waals surface area contributed by atoms with Gasteiger partial charge in [-0.15, -0.1) is 0 Å². The van der Waals surface area contributed by atoms with Crippen LogP contribution in [0.3, 0.4) is 0 Å². The molecule has 2 aliphatic carbocycles. The van der Waals surface area contributed by atoms with Crippen molar-refractivity contribution in [1.29, 1.82) is 0 Å². The fourth-order valence-electron chi connectivity index (χ4n) is 3.53. The van der Waals surface area contributed by atoms with Crippen LogP contribution in [-0.4, -0.2) is 23.1 Å². The molecule has 0 saturated heterocycles. The summed E-state index contributed by atoms with van der Waals surface area (Å²) in [7, 11) is 0. The van der Waals surface area contributed by atoms with Crippen LogP contribution in [0.2, 0.25) is 0 Å². The summed E-state index contributed by atoms with van der Waals surface area (Å²) in [6.07, 6.45) is 4.75. The third-order valence-electron chi connectivity index (χ3n) is 4.46. The van der Waals surface area contributed by atoms with Gasteiger partial charge in [-0.1, -0.05) is 18.6 Å². The third-order valence-corrected chi connectivity index (χ3v) is 4.46. The molecular weight excluding hydrogens is 256 g/mol. The second-order valence-electron chi connectivity index (χ2n) is 5.73. The average molecular weight is 274 g/mol. The first-order valence-electron chi connectivity index (χ1n) is 7.03. The van der Waals surface area contributed by atoms with Crippen LogP contribution in [0.1, 0.15) is 36.0 Å². The normalized spacial score (nSPS) is 27.3. The molecule has 2 bridgehead atoms. The van der Waals surface area contributed by atoms with E-state index in [4.69, 9.17) is 5.11 Å². The molecule has 2 fully saturated rings. The van der Waals surface area contributed by atoms with Crippen molar-refractivity contribution in [1.82, 2.24) is 5.32 Å². The van der Waals surface area contributed by atoms with Gasteiger partial charge in [-0.3, -0.25) is 0 Å². The van der Waals surface area contributed by atoms with Crippen LogP contribution in [-0.2, 0) is 0 Å². The lowest BCUT2D eigenvalue weighted by atomic mass is 9.95. The number of para-hydroxylation sites is 1. The lowest BCUT2D eigenvalue weighted by Gasteiger charge is -2.23. The van der Waals surface area contributed by atoms with Crippen LogP contribution in [0, 0.1) is 11.8 Å². The predicted molar refractivity (Wildman–Crippen MR) is 74.8 cm³/mol. The van der Waals surface area contributed by atoms with E-state index in [1.54, 1.807) is 18.2 Å². The number of amides is 2. The highest BCUT2D eigenvalue weighted by molar-refractivity contribution is 6.00. The summed E-state index contributed by atoms with van der Waals surface area (Å²) in [6, 6.07) is 6.36. The maximum Gasteiger partial charge on any atom is 0.337 e. The molecule has 5 nitrogen and oxygen atoms in total. The number of fused-ring (bicyclic) bond motifs is 2. The number of rotatable bonds is 3. The summed E-state index contributed by atoms with van der Waals surface area (Å²) in [5.41, 5.74) is 0.441. The Balaban J connectivity index is 1.63. The van der Waals surface area contributed by atoms with E-state index < -0.39 is 5.97 Å². The van der Waals surface area contributed by atoms with E-state index in [0.717, 1.165) is 12.3 Å². The number of benzene rings is 1. The van der Waals surface area contributed by atoms with Gasteiger partial charge in [-0.2, -0.15) is 0 Å². The molecule has 5 heteroatoms. The molecule has 3 rings (SSSR count). The number of nitrogens with one attached hydrogen (secondary N) is 2. The van der Waals surface area contributed by atoms with Gasteiger partial charge in [-0.05, 0) is 43.2 Å². The first kappa shape index (κ1) is 13.0. The number of aromatic carboxylic acids is 1. The van der Waals surface area contributed by atoms with Crippen LogP contribution in [0.15, 0.2) is 24.3 Å². The van der Waals surface area contributed by atoms with Gasteiger partial charge in [-0.25, -0.2) is 9.59 Å². The van der Waals surface area contributed by atoms with Crippen molar-refractivity contribution in [2.24, 2.45) is 11.8 Å². The van der Waals surface area contributed by atoms with E-state index in [1.807, 2.05) is 0 Å². The van der Waals surface area contributed by atoms with E-state index in [0.29, 0.717) is 11.6 Å². The highest BCUT2D eigenvalue weighted by Gasteiger charge is 2.40. The molecule has 0 aliphatic heterocycles. The van der Waals surface area contributed by atoms with Gasteiger partial charge in [0.15, 0.2) is 0 Å². The van der Waals surface area contributed by atoms with Gasteiger partial charge in [0, 0.05) is 6.04 Å². The number of anilines is 1. The summed E-state index contributed by atoms with van der Waals surface area (Å²) in [4.78, 5) is 23.1. The molecule has 1 aromatic rings. The van der Waals surface area contributed by atoms with Gasteiger partial charge in [0.05, 0.1) is 11.3 Å². The predicted octanol–water partition coefficient (Wildman–Crippen LogP) is 2.69. The zero-order chi connectivity index (χ0) is 14.1. The monoisotopic (exact) mass is 274 g/mol. The van der Waals surface area contributed by atoms with Crippen LogP contribution in [0.4, 0.5) is 10.5 Å². The van der Waals surface area contributed by atoms with E-state index in [2.05, 4.69) is 10.6 Å². The molecule has 106 valence electrons. The van der Waals surface area contributed by atoms with Crippen LogP contribution in [0.5, 0.6) is 0 Å². The van der Waals surface area contributed by atoms with Gasteiger partial charge in [0.2, 0.25) is 0 Å². The highest BCUT2D eigenvalue weighted by Crippen LogP contribution is 2.44. The number of hydrogen-bond acceptors (Lipinski definition) is 2. The van der Waals surface area contributed by atoms with Crippen molar-refractivity contribution in [3.8, 4) is 0 Å².